The van der Waals surface area contributed by atoms with Crippen LogP contribution in [0.5, 0.6) is 5.75 Å². The molecular weight excluding hydrogens is 282 g/mol. The average molecular weight is 302 g/mol. The summed E-state index contributed by atoms with van der Waals surface area (Å²) in [6.45, 7) is 3.49. The van der Waals surface area contributed by atoms with E-state index in [4.69, 9.17) is 9.47 Å². The van der Waals surface area contributed by atoms with Crippen molar-refractivity contribution in [3.8, 4) is 5.75 Å². The lowest BCUT2D eigenvalue weighted by Crippen LogP contribution is -2.20. The standard InChI is InChI=1S/C13H20BrNO2/c1-16-11-9-15-8-2-3-10-17-13-6-4-12(14)5-7-13/h4-7,15H,2-3,8-11H2,1H3. The number of halogens is 1. The predicted molar refractivity (Wildman–Crippen MR) is 73.6 cm³/mol. The van der Waals surface area contributed by atoms with E-state index in [2.05, 4.69) is 21.2 Å². The first-order chi connectivity index (χ1) is 8.33. The molecule has 0 unspecified atom stereocenters. The molecule has 0 aliphatic carbocycles. The Morgan fingerprint density at radius 2 is 1.82 bits per heavy atom. The van der Waals surface area contributed by atoms with Crippen molar-refractivity contribution in [2.24, 2.45) is 0 Å². The summed E-state index contributed by atoms with van der Waals surface area (Å²) in [6, 6.07) is 7.92. The Morgan fingerprint density at radius 1 is 1.06 bits per heavy atom. The largest absolute Gasteiger partial charge is 0.494 e. The van der Waals surface area contributed by atoms with Gasteiger partial charge in [0, 0.05) is 18.1 Å². The lowest BCUT2D eigenvalue weighted by atomic mass is 10.3. The summed E-state index contributed by atoms with van der Waals surface area (Å²) in [5.74, 6) is 0.931. The van der Waals surface area contributed by atoms with Gasteiger partial charge < -0.3 is 14.8 Å². The lowest BCUT2D eigenvalue weighted by molar-refractivity contribution is 0.199. The van der Waals surface area contributed by atoms with Crippen molar-refractivity contribution in [2.75, 3.05) is 33.4 Å². The highest BCUT2D eigenvalue weighted by Crippen LogP contribution is 2.16. The van der Waals surface area contributed by atoms with Crippen molar-refractivity contribution < 1.29 is 9.47 Å². The van der Waals surface area contributed by atoms with Gasteiger partial charge in [0.05, 0.1) is 13.2 Å². The van der Waals surface area contributed by atoms with Crippen LogP contribution in [-0.2, 0) is 4.74 Å². The van der Waals surface area contributed by atoms with Crippen LogP contribution in [-0.4, -0.2) is 33.4 Å². The van der Waals surface area contributed by atoms with Gasteiger partial charge in [0.15, 0.2) is 0 Å². The second kappa shape index (κ2) is 9.45. The molecular formula is C13H20BrNO2. The number of benzene rings is 1. The van der Waals surface area contributed by atoms with E-state index in [0.29, 0.717) is 0 Å². The molecule has 1 rings (SSSR count). The van der Waals surface area contributed by atoms with Gasteiger partial charge in [-0.1, -0.05) is 15.9 Å². The van der Waals surface area contributed by atoms with E-state index in [-0.39, 0.29) is 0 Å². The zero-order valence-electron chi connectivity index (χ0n) is 10.2. The summed E-state index contributed by atoms with van der Waals surface area (Å²) < 4.78 is 11.6. The zero-order chi connectivity index (χ0) is 12.3. The van der Waals surface area contributed by atoms with Crippen LogP contribution >= 0.6 is 15.9 Å². The van der Waals surface area contributed by atoms with Crippen LogP contribution in [0.2, 0.25) is 0 Å². The van der Waals surface area contributed by atoms with Crippen molar-refractivity contribution in [3.05, 3.63) is 28.7 Å². The summed E-state index contributed by atoms with van der Waals surface area (Å²) in [5.41, 5.74) is 0. The molecule has 4 heteroatoms. The van der Waals surface area contributed by atoms with E-state index in [9.17, 15) is 0 Å². The predicted octanol–water partition coefficient (Wildman–Crippen LogP) is 2.84. The molecule has 0 fully saturated rings. The number of rotatable bonds is 9. The van der Waals surface area contributed by atoms with E-state index in [1.165, 1.54) is 0 Å². The molecule has 0 amide bonds. The van der Waals surface area contributed by atoms with Gasteiger partial charge in [0.1, 0.15) is 5.75 Å². The Kier molecular flexibility index (Phi) is 8.05. The quantitative estimate of drug-likeness (QED) is 0.712. The van der Waals surface area contributed by atoms with E-state index in [1.807, 2.05) is 24.3 Å². The Bertz CT molecular complexity index is 290. The number of unbranched alkanes of at least 4 members (excludes halogenated alkanes) is 1. The van der Waals surface area contributed by atoms with Crippen LogP contribution in [0.15, 0.2) is 28.7 Å². The molecule has 1 N–H and O–H groups in total. The molecule has 1 aromatic carbocycles. The molecule has 0 saturated heterocycles. The molecule has 0 aromatic heterocycles. The summed E-state index contributed by atoms with van der Waals surface area (Å²) in [5, 5.41) is 3.31. The second-order valence-electron chi connectivity index (χ2n) is 3.75. The van der Waals surface area contributed by atoms with Crippen LogP contribution in [0.3, 0.4) is 0 Å². The maximum absolute atomic E-state index is 5.62. The van der Waals surface area contributed by atoms with E-state index < -0.39 is 0 Å². The van der Waals surface area contributed by atoms with E-state index >= 15 is 0 Å². The molecule has 96 valence electrons. The molecule has 0 heterocycles. The molecule has 0 aliphatic rings. The average Bonchev–Trinajstić information content (AvgIpc) is 2.35. The first-order valence-corrected chi connectivity index (χ1v) is 6.70. The van der Waals surface area contributed by atoms with Crippen LogP contribution in [0, 0.1) is 0 Å². The number of hydrogen-bond acceptors (Lipinski definition) is 3. The highest BCUT2D eigenvalue weighted by atomic mass is 79.9. The van der Waals surface area contributed by atoms with E-state index in [0.717, 1.165) is 49.4 Å². The Morgan fingerprint density at radius 3 is 2.53 bits per heavy atom. The normalized spacial score (nSPS) is 10.5. The number of methoxy groups -OCH3 is 1. The van der Waals surface area contributed by atoms with E-state index in [1.54, 1.807) is 7.11 Å². The van der Waals surface area contributed by atoms with Gasteiger partial charge in [-0.05, 0) is 43.7 Å². The van der Waals surface area contributed by atoms with Crippen molar-refractivity contribution in [1.82, 2.24) is 5.32 Å². The van der Waals surface area contributed by atoms with Gasteiger partial charge in [-0.25, -0.2) is 0 Å². The number of hydrogen-bond donors (Lipinski definition) is 1. The van der Waals surface area contributed by atoms with Crippen molar-refractivity contribution in [2.45, 2.75) is 12.8 Å². The van der Waals surface area contributed by atoms with Crippen LogP contribution in [0.1, 0.15) is 12.8 Å². The minimum Gasteiger partial charge on any atom is -0.494 e. The summed E-state index contributed by atoms with van der Waals surface area (Å²) in [6.07, 6.45) is 2.19. The first kappa shape index (κ1) is 14.5. The number of nitrogens with one attached hydrogen (secondary N) is 1. The highest BCUT2D eigenvalue weighted by molar-refractivity contribution is 9.10. The fourth-order valence-electron chi connectivity index (χ4n) is 1.37. The van der Waals surface area contributed by atoms with Gasteiger partial charge in [-0.15, -0.1) is 0 Å². The third-order valence-electron chi connectivity index (χ3n) is 2.31. The SMILES string of the molecule is COCCNCCCCOc1ccc(Br)cc1. The smallest absolute Gasteiger partial charge is 0.119 e. The summed E-state index contributed by atoms with van der Waals surface area (Å²) in [7, 11) is 1.72. The van der Waals surface area contributed by atoms with Crippen molar-refractivity contribution >= 4 is 15.9 Å². The molecule has 0 spiro atoms. The van der Waals surface area contributed by atoms with Gasteiger partial charge >= 0.3 is 0 Å². The minimum absolute atomic E-state index is 0.771. The van der Waals surface area contributed by atoms with Crippen molar-refractivity contribution in [3.63, 3.8) is 0 Å². The van der Waals surface area contributed by atoms with Gasteiger partial charge in [-0.2, -0.15) is 0 Å². The Balaban J connectivity index is 1.95. The maximum Gasteiger partial charge on any atom is 0.119 e. The van der Waals surface area contributed by atoms with Crippen LogP contribution in [0.4, 0.5) is 0 Å². The van der Waals surface area contributed by atoms with Gasteiger partial charge in [0.25, 0.3) is 0 Å². The van der Waals surface area contributed by atoms with Crippen molar-refractivity contribution in [1.29, 1.82) is 0 Å². The molecule has 3 nitrogen and oxygen atoms in total. The fourth-order valence-corrected chi connectivity index (χ4v) is 1.64. The fraction of sp³-hybridized carbons (Fsp3) is 0.538. The molecule has 0 atom stereocenters. The topological polar surface area (TPSA) is 30.5 Å². The Hall–Kier alpha value is -0.580. The molecule has 0 saturated carbocycles. The third kappa shape index (κ3) is 7.36. The van der Waals surface area contributed by atoms with Gasteiger partial charge in [-0.3, -0.25) is 0 Å². The lowest BCUT2D eigenvalue weighted by Gasteiger charge is -2.06. The van der Waals surface area contributed by atoms with Gasteiger partial charge in [0.2, 0.25) is 0 Å². The third-order valence-corrected chi connectivity index (χ3v) is 2.84. The minimum atomic E-state index is 0.771. The molecule has 1 aromatic rings. The highest BCUT2D eigenvalue weighted by Gasteiger charge is 1.94. The van der Waals surface area contributed by atoms with Crippen LogP contribution in [0.25, 0.3) is 0 Å². The maximum atomic E-state index is 5.62. The first-order valence-electron chi connectivity index (χ1n) is 5.91. The van der Waals surface area contributed by atoms with Crippen LogP contribution < -0.4 is 10.1 Å². The second-order valence-corrected chi connectivity index (χ2v) is 4.67. The monoisotopic (exact) mass is 301 g/mol. The molecule has 0 radical (unpaired) electrons. The zero-order valence-corrected chi connectivity index (χ0v) is 11.8. The summed E-state index contributed by atoms with van der Waals surface area (Å²) >= 11 is 3.39. The molecule has 17 heavy (non-hydrogen) atoms. The Labute approximate surface area is 112 Å². The summed E-state index contributed by atoms with van der Waals surface area (Å²) in [4.78, 5) is 0. The molecule has 0 bridgehead atoms. The number of ether oxygens (including phenoxy) is 2. The molecule has 0 aliphatic heterocycles.